The number of rotatable bonds is 16. The first-order valence-electron chi connectivity index (χ1n) is 15.0. The van der Waals surface area contributed by atoms with Crippen molar-refractivity contribution in [2.24, 2.45) is 28.7 Å². The van der Waals surface area contributed by atoms with Gasteiger partial charge in [-0.2, -0.15) is 0 Å². The topological polar surface area (TPSA) is 47.9 Å². The van der Waals surface area contributed by atoms with Gasteiger partial charge in [0.25, 0.3) is 0 Å². The van der Waals surface area contributed by atoms with Gasteiger partial charge in [0.15, 0.2) is 5.78 Å². The number of benzene rings is 1. The maximum absolute atomic E-state index is 14.6. The number of Topliss-reactive ketones (excluding diaryl/α,β-unsaturated/α-hetero) is 1. The number of halogens is 2. The van der Waals surface area contributed by atoms with E-state index in [-0.39, 0.29) is 29.4 Å². The van der Waals surface area contributed by atoms with Crippen molar-refractivity contribution in [3.05, 3.63) is 70.1 Å². The molecule has 0 spiro atoms. The number of allylic oxidation sites excluding steroid dienone is 4. The van der Waals surface area contributed by atoms with Gasteiger partial charge in [-0.15, -0.1) is 5.73 Å². The maximum atomic E-state index is 14.6. The SMILES string of the molecule is CC=C=C(N=C(OC)C(C)=CCCC(CCC)C1CC1CCOc1cc(F)c(CC(=O)C(C)=CC)c(F)c1)C(C)C. The van der Waals surface area contributed by atoms with Crippen molar-refractivity contribution in [3.63, 3.8) is 0 Å². The third-order valence-corrected chi connectivity index (χ3v) is 7.90. The Morgan fingerprint density at radius 1 is 1.15 bits per heavy atom. The Morgan fingerprint density at radius 2 is 1.83 bits per heavy atom. The van der Waals surface area contributed by atoms with E-state index in [1.807, 2.05) is 19.9 Å². The van der Waals surface area contributed by atoms with E-state index in [0.717, 1.165) is 37.0 Å². The first-order valence-corrected chi connectivity index (χ1v) is 15.0. The minimum atomic E-state index is -0.743. The Bertz CT molecular complexity index is 1160. The quantitative estimate of drug-likeness (QED) is 0.0862. The van der Waals surface area contributed by atoms with Crippen LogP contribution in [0.1, 0.15) is 92.6 Å². The van der Waals surface area contributed by atoms with Crippen LogP contribution in [0.15, 0.2) is 57.9 Å². The molecule has 0 radical (unpaired) electrons. The van der Waals surface area contributed by atoms with Crippen molar-refractivity contribution >= 4 is 11.7 Å². The Balaban J connectivity index is 1.91. The second kappa shape index (κ2) is 17.1. The zero-order valence-electron chi connectivity index (χ0n) is 26.3. The van der Waals surface area contributed by atoms with Crippen LogP contribution >= 0.6 is 0 Å². The molecule has 4 nitrogen and oxygen atoms in total. The van der Waals surface area contributed by atoms with Gasteiger partial charge in [-0.3, -0.25) is 4.79 Å². The smallest absolute Gasteiger partial charge is 0.216 e. The number of hydrogen-bond acceptors (Lipinski definition) is 4. The van der Waals surface area contributed by atoms with Crippen molar-refractivity contribution in [2.45, 2.75) is 93.4 Å². The van der Waals surface area contributed by atoms with Crippen LogP contribution in [0.2, 0.25) is 0 Å². The average molecular weight is 570 g/mol. The molecule has 6 heteroatoms. The van der Waals surface area contributed by atoms with Crippen LogP contribution in [0.25, 0.3) is 0 Å². The number of ether oxygens (including phenoxy) is 2. The zero-order valence-corrected chi connectivity index (χ0v) is 26.3. The van der Waals surface area contributed by atoms with Crippen molar-refractivity contribution in [1.29, 1.82) is 0 Å². The highest BCUT2D eigenvalue weighted by Gasteiger charge is 2.41. The van der Waals surface area contributed by atoms with E-state index < -0.39 is 11.6 Å². The molecule has 1 aromatic rings. The zero-order chi connectivity index (χ0) is 30.5. The summed E-state index contributed by atoms with van der Waals surface area (Å²) < 4.78 is 40.4. The molecule has 41 heavy (non-hydrogen) atoms. The van der Waals surface area contributed by atoms with Crippen molar-refractivity contribution in [1.82, 2.24) is 0 Å². The normalized spacial score (nSPS) is 18.2. The van der Waals surface area contributed by atoms with Crippen molar-refractivity contribution in [2.75, 3.05) is 13.7 Å². The molecule has 0 bridgehead atoms. The predicted molar refractivity (Wildman–Crippen MR) is 164 cm³/mol. The summed E-state index contributed by atoms with van der Waals surface area (Å²) in [6, 6.07) is 2.37. The molecule has 1 saturated carbocycles. The third-order valence-electron chi connectivity index (χ3n) is 7.90. The summed E-state index contributed by atoms with van der Waals surface area (Å²) in [6.07, 6.45) is 11.9. The predicted octanol–water partition coefficient (Wildman–Crippen LogP) is 9.35. The molecule has 3 atom stereocenters. The third kappa shape index (κ3) is 10.7. The molecule has 1 aliphatic rings. The van der Waals surface area contributed by atoms with E-state index in [2.05, 4.69) is 32.6 Å². The molecule has 0 aliphatic heterocycles. The van der Waals surface area contributed by atoms with Crippen LogP contribution in [-0.2, 0) is 16.0 Å². The van der Waals surface area contributed by atoms with Crippen molar-refractivity contribution in [3.8, 4) is 5.75 Å². The van der Waals surface area contributed by atoms with Crippen LogP contribution in [0.5, 0.6) is 5.75 Å². The first-order chi connectivity index (χ1) is 19.6. The molecule has 0 saturated heterocycles. The monoisotopic (exact) mass is 569 g/mol. The summed E-state index contributed by atoms with van der Waals surface area (Å²) >= 11 is 0. The molecule has 0 amide bonds. The fourth-order valence-electron chi connectivity index (χ4n) is 5.23. The van der Waals surface area contributed by atoms with Crippen LogP contribution < -0.4 is 4.74 Å². The number of aliphatic imine (C=N–C) groups is 1. The van der Waals surface area contributed by atoms with Gasteiger partial charge in [0, 0.05) is 35.6 Å². The van der Waals surface area contributed by atoms with Crippen LogP contribution in [0, 0.1) is 35.3 Å². The summed E-state index contributed by atoms with van der Waals surface area (Å²) in [5.74, 6) is 1.15. The fraction of sp³-hybridized carbons (Fsp3) is 0.571. The molecule has 1 aromatic carbocycles. The molecule has 226 valence electrons. The van der Waals surface area contributed by atoms with Gasteiger partial charge < -0.3 is 9.47 Å². The maximum Gasteiger partial charge on any atom is 0.216 e. The number of methoxy groups -OCH3 is 1. The Hall–Kier alpha value is -2.98. The van der Waals surface area contributed by atoms with E-state index in [4.69, 9.17) is 14.5 Å². The minimum Gasteiger partial charge on any atom is -0.493 e. The van der Waals surface area contributed by atoms with E-state index in [0.29, 0.717) is 35.8 Å². The lowest BCUT2D eigenvalue weighted by atomic mass is 9.91. The molecule has 1 fully saturated rings. The lowest BCUT2D eigenvalue weighted by Gasteiger charge is -2.16. The van der Waals surface area contributed by atoms with Gasteiger partial charge in [-0.05, 0) is 82.8 Å². The highest BCUT2D eigenvalue weighted by molar-refractivity contribution is 5.96. The Labute approximate surface area is 246 Å². The first kappa shape index (κ1) is 34.2. The average Bonchev–Trinajstić information content (AvgIpc) is 3.71. The van der Waals surface area contributed by atoms with Gasteiger partial charge in [0.05, 0.1) is 19.4 Å². The fourth-order valence-corrected chi connectivity index (χ4v) is 5.23. The van der Waals surface area contributed by atoms with Crippen LogP contribution in [-0.4, -0.2) is 25.4 Å². The summed E-state index contributed by atoms with van der Waals surface area (Å²) in [5, 5.41) is 0. The van der Waals surface area contributed by atoms with E-state index in [1.54, 1.807) is 27.0 Å². The summed E-state index contributed by atoms with van der Waals surface area (Å²) in [4.78, 5) is 16.8. The molecule has 1 aliphatic carbocycles. The lowest BCUT2D eigenvalue weighted by Crippen LogP contribution is -2.09. The number of carbonyl (C=O) groups is 1. The molecule has 0 heterocycles. The number of ketones is 1. The number of carbonyl (C=O) groups excluding carboxylic acids is 1. The number of nitrogens with zero attached hydrogens (tertiary/aromatic N) is 1. The molecule has 0 N–H and O–H groups in total. The summed E-state index contributed by atoms with van der Waals surface area (Å²) in [5.41, 5.74) is 5.39. The summed E-state index contributed by atoms with van der Waals surface area (Å²) in [6.45, 7) is 14.2. The number of hydrogen-bond donors (Lipinski definition) is 0. The second-order valence-corrected chi connectivity index (χ2v) is 11.3. The highest BCUT2D eigenvalue weighted by Crippen LogP contribution is 2.49. The minimum absolute atomic E-state index is 0.169. The van der Waals surface area contributed by atoms with Gasteiger partial charge in [0.1, 0.15) is 17.4 Å². The van der Waals surface area contributed by atoms with E-state index in [1.165, 1.54) is 25.0 Å². The Kier molecular flexibility index (Phi) is 14.3. The highest BCUT2D eigenvalue weighted by atomic mass is 19.1. The van der Waals surface area contributed by atoms with Crippen molar-refractivity contribution < 1.29 is 23.0 Å². The largest absolute Gasteiger partial charge is 0.493 e. The molecule has 2 rings (SSSR count). The van der Waals surface area contributed by atoms with E-state index >= 15 is 0 Å². The standard InChI is InChI=1S/C35H49F2NO3/c1-9-13-26(16-12-15-25(7)35(40-8)38-33(14-10-2)23(4)5)29-19-27(29)17-18-41-28-20-31(36)30(32(37)21-28)22-34(39)24(6)11-3/h10-11,15,20-21,23,26-27,29H,9,12-13,16-19,22H2,1-8H3. The van der Waals surface area contributed by atoms with Gasteiger partial charge in [0.2, 0.25) is 5.90 Å². The van der Waals surface area contributed by atoms with Gasteiger partial charge in [-0.25, -0.2) is 13.8 Å². The van der Waals surface area contributed by atoms with Crippen LogP contribution in [0.4, 0.5) is 8.78 Å². The summed E-state index contributed by atoms with van der Waals surface area (Å²) in [7, 11) is 1.66. The Morgan fingerprint density at radius 3 is 2.39 bits per heavy atom. The molecular formula is C35H49F2NO3. The van der Waals surface area contributed by atoms with Gasteiger partial charge in [-0.1, -0.05) is 45.8 Å². The van der Waals surface area contributed by atoms with Crippen LogP contribution in [0.3, 0.4) is 0 Å². The second-order valence-electron chi connectivity index (χ2n) is 11.3. The molecule has 3 unspecified atom stereocenters. The van der Waals surface area contributed by atoms with E-state index in [9.17, 15) is 13.6 Å². The van der Waals surface area contributed by atoms with Gasteiger partial charge >= 0.3 is 0 Å². The molecule has 0 aromatic heterocycles. The lowest BCUT2D eigenvalue weighted by molar-refractivity contribution is -0.115. The molecular weight excluding hydrogens is 520 g/mol.